The van der Waals surface area contributed by atoms with Gasteiger partial charge in [-0.2, -0.15) is 11.8 Å². The second-order valence-electron chi connectivity index (χ2n) is 5.65. The van der Waals surface area contributed by atoms with Crippen molar-refractivity contribution in [3.63, 3.8) is 0 Å². The molecule has 2 N–H and O–H groups in total. The molecule has 130 valence electrons. The Bertz CT molecular complexity index is 472. The van der Waals surface area contributed by atoms with Gasteiger partial charge in [0.05, 0.1) is 0 Å². The molecule has 1 heterocycles. The highest BCUT2D eigenvalue weighted by molar-refractivity contribution is 14.0. The number of hydrogen-bond donors (Lipinski definition) is 2. The number of benzene rings is 1. The molecule has 1 aromatic rings. The molecule has 1 aliphatic heterocycles. The first-order valence-corrected chi connectivity index (χ1v) is 9.27. The molecule has 1 atom stereocenters. The van der Waals surface area contributed by atoms with Crippen LogP contribution in [0, 0.1) is 0 Å². The number of rotatable bonds is 5. The number of anilines is 1. The van der Waals surface area contributed by atoms with Crippen LogP contribution in [0.3, 0.4) is 0 Å². The topological polar surface area (TPSA) is 39.7 Å². The molecule has 1 saturated heterocycles. The van der Waals surface area contributed by atoms with Gasteiger partial charge in [-0.3, -0.25) is 4.99 Å². The van der Waals surface area contributed by atoms with Crippen LogP contribution in [-0.2, 0) is 6.54 Å². The highest BCUT2D eigenvalue weighted by Gasteiger charge is 2.10. The molecule has 1 aliphatic rings. The monoisotopic (exact) mass is 448 g/mol. The molecule has 6 heteroatoms. The van der Waals surface area contributed by atoms with Gasteiger partial charge in [0.2, 0.25) is 0 Å². The van der Waals surface area contributed by atoms with Crippen molar-refractivity contribution in [2.75, 3.05) is 36.5 Å². The Kier molecular flexibility index (Phi) is 9.78. The molecular weight excluding hydrogens is 419 g/mol. The van der Waals surface area contributed by atoms with E-state index in [4.69, 9.17) is 0 Å². The first kappa shape index (κ1) is 20.4. The summed E-state index contributed by atoms with van der Waals surface area (Å²) >= 11 is 2.05. The highest BCUT2D eigenvalue weighted by Crippen LogP contribution is 2.19. The summed E-state index contributed by atoms with van der Waals surface area (Å²) in [5.74, 6) is 3.34. The zero-order valence-corrected chi connectivity index (χ0v) is 17.5. The Morgan fingerprint density at radius 1 is 1.26 bits per heavy atom. The van der Waals surface area contributed by atoms with Crippen LogP contribution in [-0.4, -0.2) is 43.6 Å². The van der Waals surface area contributed by atoms with Crippen molar-refractivity contribution in [2.24, 2.45) is 4.99 Å². The van der Waals surface area contributed by atoms with Crippen molar-refractivity contribution >= 4 is 47.4 Å². The smallest absolute Gasteiger partial charge is 0.191 e. The highest BCUT2D eigenvalue weighted by atomic mass is 127. The number of nitrogens with zero attached hydrogens (tertiary/aromatic N) is 2. The molecule has 0 aromatic heterocycles. The fraction of sp³-hybridized carbons (Fsp3) is 0.588. The van der Waals surface area contributed by atoms with E-state index >= 15 is 0 Å². The summed E-state index contributed by atoms with van der Waals surface area (Å²) in [6, 6.07) is 9.32. The lowest BCUT2D eigenvalue weighted by atomic mass is 10.2. The maximum absolute atomic E-state index is 4.27. The first-order valence-electron chi connectivity index (χ1n) is 8.11. The number of guanidine groups is 1. The minimum Gasteiger partial charge on any atom is -0.370 e. The molecule has 4 nitrogen and oxygen atoms in total. The molecule has 0 bridgehead atoms. The molecule has 2 rings (SSSR count). The van der Waals surface area contributed by atoms with E-state index < -0.39 is 0 Å². The van der Waals surface area contributed by atoms with Crippen molar-refractivity contribution in [2.45, 2.75) is 32.9 Å². The summed E-state index contributed by atoms with van der Waals surface area (Å²) in [6.45, 7) is 7.45. The van der Waals surface area contributed by atoms with Crippen LogP contribution in [0.1, 0.15) is 25.8 Å². The normalized spacial score (nSPS) is 16.5. The van der Waals surface area contributed by atoms with Crippen molar-refractivity contribution < 1.29 is 0 Å². The summed E-state index contributed by atoms with van der Waals surface area (Å²) in [7, 11) is 1.81. The zero-order valence-electron chi connectivity index (χ0n) is 14.3. The molecular formula is C17H29IN4S. The van der Waals surface area contributed by atoms with E-state index in [0.717, 1.165) is 32.0 Å². The maximum atomic E-state index is 4.27. The molecule has 0 amide bonds. The average molecular weight is 448 g/mol. The molecule has 23 heavy (non-hydrogen) atoms. The van der Waals surface area contributed by atoms with Crippen LogP contribution in [0.4, 0.5) is 5.69 Å². The van der Waals surface area contributed by atoms with E-state index in [0.29, 0.717) is 6.04 Å². The van der Waals surface area contributed by atoms with Gasteiger partial charge >= 0.3 is 0 Å². The van der Waals surface area contributed by atoms with Crippen LogP contribution in [0.15, 0.2) is 29.3 Å². The summed E-state index contributed by atoms with van der Waals surface area (Å²) in [5.41, 5.74) is 2.62. The fourth-order valence-corrected chi connectivity index (χ4v) is 3.27. The molecule has 0 radical (unpaired) electrons. The van der Waals surface area contributed by atoms with Gasteiger partial charge in [0.25, 0.3) is 0 Å². The number of hydrogen-bond acceptors (Lipinski definition) is 3. The predicted octanol–water partition coefficient (Wildman–Crippen LogP) is 3.32. The SMILES string of the molecule is CCC(C)NC(=NC)NCc1ccc(N2CCSCC2)cc1.I. The third kappa shape index (κ3) is 6.79. The zero-order chi connectivity index (χ0) is 15.8. The van der Waals surface area contributed by atoms with Crippen LogP contribution in [0.2, 0.25) is 0 Å². The van der Waals surface area contributed by atoms with Crippen LogP contribution in [0.25, 0.3) is 0 Å². The van der Waals surface area contributed by atoms with Crippen molar-refractivity contribution in [1.82, 2.24) is 10.6 Å². The van der Waals surface area contributed by atoms with Gasteiger partial charge in [-0.25, -0.2) is 0 Å². The fourth-order valence-electron chi connectivity index (χ4n) is 2.36. The number of aliphatic imine (C=N–C) groups is 1. The quantitative estimate of drug-likeness (QED) is 0.412. The summed E-state index contributed by atoms with van der Waals surface area (Å²) < 4.78 is 0. The summed E-state index contributed by atoms with van der Waals surface area (Å²) in [4.78, 5) is 6.74. The minimum atomic E-state index is 0. The predicted molar refractivity (Wildman–Crippen MR) is 114 cm³/mol. The minimum absolute atomic E-state index is 0. The number of halogens is 1. The van der Waals surface area contributed by atoms with Crippen LogP contribution >= 0.6 is 35.7 Å². The van der Waals surface area contributed by atoms with Gasteiger partial charge in [0, 0.05) is 49.9 Å². The Balaban J connectivity index is 0.00000264. The first-order chi connectivity index (χ1) is 10.7. The number of nitrogens with one attached hydrogen (secondary N) is 2. The average Bonchev–Trinajstić information content (AvgIpc) is 2.59. The van der Waals surface area contributed by atoms with E-state index in [1.54, 1.807) is 0 Å². The van der Waals surface area contributed by atoms with Crippen LogP contribution < -0.4 is 15.5 Å². The lowest BCUT2D eigenvalue weighted by Gasteiger charge is -2.28. The van der Waals surface area contributed by atoms with E-state index in [9.17, 15) is 0 Å². The largest absolute Gasteiger partial charge is 0.370 e. The van der Waals surface area contributed by atoms with Crippen LogP contribution in [0.5, 0.6) is 0 Å². The summed E-state index contributed by atoms with van der Waals surface area (Å²) in [5, 5.41) is 6.75. The maximum Gasteiger partial charge on any atom is 0.191 e. The van der Waals surface area contributed by atoms with E-state index in [-0.39, 0.29) is 24.0 Å². The Morgan fingerprint density at radius 3 is 2.48 bits per heavy atom. The number of thioether (sulfide) groups is 1. The molecule has 1 aromatic carbocycles. The van der Waals surface area contributed by atoms with E-state index in [1.807, 2.05) is 18.8 Å². The summed E-state index contributed by atoms with van der Waals surface area (Å²) in [6.07, 6.45) is 1.09. The molecule has 0 aliphatic carbocycles. The Morgan fingerprint density at radius 2 is 1.91 bits per heavy atom. The molecule has 1 fully saturated rings. The molecule has 0 spiro atoms. The third-order valence-corrected chi connectivity index (χ3v) is 4.93. The second-order valence-corrected chi connectivity index (χ2v) is 6.87. The van der Waals surface area contributed by atoms with Gasteiger partial charge in [-0.15, -0.1) is 24.0 Å². The Hall–Kier alpha value is -0.630. The molecule has 1 unspecified atom stereocenters. The molecule has 0 saturated carbocycles. The standard InChI is InChI=1S/C17H28N4S.HI/c1-4-14(2)20-17(18-3)19-13-15-5-7-16(8-6-15)21-9-11-22-12-10-21;/h5-8,14H,4,9-13H2,1-3H3,(H2,18,19,20);1H. The van der Waals surface area contributed by atoms with Gasteiger partial charge in [-0.1, -0.05) is 19.1 Å². The van der Waals surface area contributed by atoms with Gasteiger partial charge in [0.15, 0.2) is 5.96 Å². The van der Waals surface area contributed by atoms with Gasteiger partial charge < -0.3 is 15.5 Å². The third-order valence-electron chi connectivity index (χ3n) is 3.99. The lowest BCUT2D eigenvalue weighted by molar-refractivity contribution is 0.624. The van der Waals surface area contributed by atoms with Crippen molar-refractivity contribution in [3.05, 3.63) is 29.8 Å². The van der Waals surface area contributed by atoms with E-state index in [1.165, 1.54) is 22.8 Å². The van der Waals surface area contributed by atoms with Crippen molar-refractivity contribution in [3.8, 4) is 0 Å². The van der Waals surface area contributed by atoms with Gasteiger partial charge in [0.1, 0.15) is 0 Å². The van der Waals surface area contributed by atoms with Crippen molar-refractivity contribution in [1.29, 1.82) is 0 Å². The second kappa shape index (κ2) is 11.0. The van der Waals surface area contributed by atoms with E-state index in [2.05, 4.69) is 58.6 Å². The lowest BCUT2D eigenvalue weighted by Crippen LogP contribution is -2.41. The van der Waals surface area contributed by atoms with Gasteiger partial charge in [-0.05, 0) is 31.0 Å². The Labute approximate surface area is 161 Å².